The number of rotatable bonds is 6. The van der Waals surface area contributed by atoms with E-state index in [2.05, 4.69) is 77.0 Å². The van der Waals surface area contributed by atoms with Crippen molar-refractivity contribution >= 4 is 17.4 Å². The summed E-state index contributed by atoms with van der Waals surface area (Å²) in [6, 6.07) is 17.4. The van der Waals surface area contributed by atoms with Gasteiger partial charge in [-0.05, 0) is 86.5 Å². The second kappa shape index (κ2) is 11.3. The van der Waals surface area contributed by atoms with Crippen LogP contribution in [-0.4, -0.2) is 44.2 Å². The highest BCUT2D eigenvalue weighted by molar-refractivity contribution is 5.90. The maximum absolute atomic E-state index is 13.2. The smallest absolute Gasteiger partial charge is 0.319 e. The predicted molar refractivity (Wildman–Crippen MR) is 167 cm³/mol. The van der Waals surface area contributed by atoms with E-state index in [9.17, 15) is 9.90 Å². The summed E-state index contributed by atoms with van der Waals surface area (Å²) < 4.78 is 8.68. The van der Waals surface area contributed by atoms with Crippen LogP contribution in [0.1, 0.15) is 93.6 Å². The molecule has 3 atom stereocenters. The molecule has 2 aromatic heterocycles. The molecule has 1 saturated heterocycles. The van der Waals surface area contributed by atoms with E-state index in [1.807, 2.05) is 48.7 Å². The summed E-state index contributed by atoms with van der Waals surface area (Å²) in [7, 11) is 2.15. The molecular weight excluding hydrogens is 540 g/mol. The van der Waals surface area contributed by atoms with Crippen LogP contribution in [0, 0.1) is 0 Å². The third-order valence-electron chi connectivity index (χ3n) is 9.27. The molecule has 2 amide bonds. The summed E-state index contributed by atoms with van der Waals surface area (Å²) in [5, 5.41) is 25.0. The van der Waals surface area contributed by atoms with E-state index in [4.69, 9.17) is 4.74 Å². The number of benzene rings is 2. The van der Waals surface area contributed by atoms with Gasteiger partial charge in [0.15, 0.2) is 11.5 Å². The Kier molecular flexibility index (Phi) is 7.64. The normalized spacial score (nSPS) is 22.4. The lowest BCUT2D eigenvalue weighted by Crippen LogP contribution is -2.37. The zero-order valence-electron chi connectivity index (χ0n) is 25.7. The maximum Gasteiger partial charge on any atom is 0.319 e. The molecule has 3 heterocycles. The van der Waals surface area contributed by atoms with Gasteiger partial charge < -0.3 is 20.5 Å². The van der Waals surface area contributed by atoms with Crippen LogP contribution in [0.4, 0.5) is 10.5 Å². The number of urea groups is 1. The van der Waals surface area contributed by atoms with Crippen LogP contribution in [-0.2, 0) is 17.6 Å². The standard InChI is InChI=1S/C34H42N6O3/c1-33(2,3)23-12-11-22(21-41)28(19-23)36-32(42)35-27-14-15-29(26-10-7-6-9-25(26)27)43-24-13-16-30-37-38-31(40(30)20-24)34(4)17-8-18-39(34)5/h6-7,9-13,16,19-20,27,29,41H,8,14-15,17-18,21H2,1-5H3,(H2,35,36,42)/t27-,29+,34?/m0/s1. The van der Waals surface area contributed by atoms with Crippen molar-refractivity contribution < 1.29 is 14.6 Å². The van der Waals surface area contributed by atoms with Crippen molar-refractivity contribution in [2.24, 2.45) is 0 Å². The van der Waals surface area contributed by atoms with Crippen molar-refractivity contribution in [1.82, 2.24) is 24.8 Å². The number of hydrogen-bond acceptors (Lipinski definition) is 6. The summed E-state index contributed by atoms with van der Waals surface area (Å²) >= 11 is 0. The first-order chi connectivity index (χ1) is 20.6. The third-order valence-corrected chi connectivity index (χ3v) is 9.27. The van der Waals surface area contributed by atoms with Crippen molar-refractivity contribution in [2.45, 2.75) is 83.1 Å². The topological polar surface area (TPSA) is 104 Å². The van der Waals surface area contributed by atoms with Gasteiger partial charge in [-0.15, -0.1) is 10.2 Å². The molecule has 2 aliphatic rings. The minimum atomic E-state index is -0.295. The number of amides is 2. The molecule has 0 spiro atoms. The quantitative estimate of drug-likeness (QED) is 0.249. The summed E-state index contributed by atoms with van der Waals surface area (Å²) in [4.78, 5) is 15.6. The largest absolute Gasteiger partial charge is 0.484 e. The summed E-state index contributed by atoms with van der Waals surface area (Å²) in [5.41, 5.74) is 5.07. The first kappa shape index (κ1) is 29.1. The first-order valence-electron chi connectivity index (χ1n) is 15.2. The number of carbonyl (C=O) groups is 1. The minimum absolute atomic E-state index is 0.0799. The number of aromatic nitrogens is 3. The average molecular weight is 583 g/mol. The van der Waals surface area contributed by atoms with Crippen molar-refractivity contribution in [3.8, 4) is 5.75 Å². The molecule has 43 heavy (non-hydrogen) atoms. The van der Waals surface area contributed by atoms with Gasteiger partial charge in [0.25, 0.3) is 0 Å². The van der Waals surface area contributed by atoms with Crippen LogP contribution in [0.3, 0.4) is 0 Å². The first-order valence-corrected chi connectivity index (χ1v) is 15.2. The van der Waals surface area contributed by atoms with Gasteiger partial charge in [0, 0.05) is 11.3 Å². The Morgan fingerprint density at radius 1 is 1.09 bits per heavy atom. The van der Waals surface area contributed by atoms with Gasteiger partial charge in [-0.3, -0.25) is 9.30 Å². The van der Waals surface area contributed by atoms with E-state index in [0.29, 0.717) is 11.3 Å². The second-order valence-electron chi connectivity index (χ2n) is 13.2. The molecule has 9 nitrogen and oxygen atoms in total. The van der Waals surface area contributed by atoms with Gasteiger partial charge >= 0.3 is 6.03 Å². The van der Waals surface area contributed by atoms with Gasteiger partial charge in [0.05, 0.1) is 24.4 Å². The third kappa shape index (κ3) is 5.59. The maximum atomic E-state index is 13.2. The molecule has 9 heteroatoms. The fourth-order valence-electron chi connectivity index (χ4n) is 6.49. The zero-order valence-corrected chi connectivity index (χ0v) is 25.7. The Morgan fingerprint density at radius 3 is 2.60 bits per heavy atom. The molecule has 1 unspecified atom stereocenters. The van der Waals surface area contributed by atoms with E-state index in [0.717, 1.165) is 66.1 Å². The van der Waals surface area contributed by atoms with E-state index < -0.39 is 0 Å². The van der Waals surface area contributed by atoms with Crippen LogP contribution in [0.5, 0.6) is 5.75 Å². The Labute approximate surface area is 253 Å². The lowest BCUT2D eigenvalue weighted by Gasteiger charge is -2.32. The van der Waals surface area contributed by atoms with Crippen molar-refractivity contribution in [2.75, 3.05) is 18.9 Å². The molecule has 226 valence electrons. The molecule has 2 aromatic carbocycles. The number of carbonyl (C=O) groups excluding carboxylic acids is 1. The fourth-order valence-corrected chi connectivity index (χ4v) is 6.49. The van der Waals surface area contributed by atoms with E-state index in [1.165, 1.54) is 0 Å². The molecule has 1 fully saturated rings. The van der Waals surface area contributed by atoms with Crippen LogP contribution >= 0.6 is 0 Å². The number of nitrogens with one attached hydrogen (secondary N) is 2. The van der Waals surface area contributed by atoms with Crippen molar-refractivity contribution in [3.63, 3.8) is 0 Å². The summed E-state index contributed by atoms with van der Waals surface area (Å²) in [6.07, 6.45) is 5.51. The molecule has 0 saturated carbocycles. The molecular formula is C34H42N6O3. The van der Waals surface area contributed by atoms with E-state index in [-0.39, 0.29) is 35.7 Å². The summed E-state index contributed by atoms with van der Waals surface area (Å²) in [5.74, 6) is 1.70. The lowest BCUT2D eigenvalue weighted by molar-refractivity contribution is 0.170. The second-order valence-corrected chi connectivity index (χ2v) is 13.2. The number of hydrogen-bond donors (Lipinski definition) is 3. The number of likely N-dealkylation sites (tertiary alicyclic amines) is 1. The number of anilines is 1. The number of aliphatic hydroxyl groups is 1. The van der Waals surface area contributed by atoms with Crippen LogP contribution in [0.2, 0.25) is 0 Å². The van der Waals surface area contributed by atoms with Gasteiger partial charge in [-0.25, -0.2) is 4.79 Å². The molecule has 0 radical (unpaired) electrons. The number of pyridine rings is 1. The molecule has 6 rings (SSSR count). The monoisotopic (exact) mass is 582 g/mol. The summed E-state index contributed by atoms with van der Waals surface area (Å²) in [6.45, 7) is 9.50. The van der Waals surface area contributed by atoms with Crippen molar-refractivity contribution in [1.29, 1.82) is 0 Å². The molecule has 4 aromatic rings. The number of aliphatic hydroxyl groups excluding tert-OH is 1. The Hall–Kier alpha value is -3.95. The SMILES string of the molecule is CN1CCCC1(C)c1nnc2ccc(O[C@@H]3CC[C@H](NC(=O)Nc4cc(C(C)(C)C)ccc4CO)c4ccccc43)cn12. The van der Waals surface area contributed by atoms with Gasteiger partial charge in [0.1, 0.15) is 11.9 Å². The number of fused-ring (bicyclic) bond motifs is 2. The molecule has 0 bridgehead atoms. The predicted octanol–water partition coefficient (Wildman–Crippen LogP) is 6.24. The average Bonchev–Trinajstić information content (AvgIpc) is 3.56. The Balaban J connectivity index is 1.20. The number of ether oxygens (including phenoxy) is 1. The van der Waals surface area contributed by atoms with Crippen LogP contribution in [0.25, 0.3) is 5.65 Å². The minimum Gasteiger partial charge on any atom is -0.484 e. The highest BCUT2D eigenvalue weighted by Crippen LogP contribution is 2.40. The Bertz CT molecular complexity index is 1640. The zero-order chi connectivity index (χ0) is 30.4. The van der Waals surface area contributed by atoms with Crippen LogP contribution < -0.4 is 15.4 Å². The highest BCUT2D eigenvalue weighted by atomic mass is 16.5. The van der Waals surface area contributed by atoms with Crippen molar-refractivity contribution in [3.05, 3.63) is 88.9 Å². The van der Waals surface area contributed by atoms with E-state index in [1.54, 1.807) is 0 Å². The molecule has 1 aliphatic heterocycles. The van der Waals surface area contributed by atoms with Gasteiger partial charge in [-0.2, -0.15) is 0 Å². The lowest BCUT2D eigenvalue weighted by atomic mass is 9.85. The number of nitrogens with zero attached hydrogens (tertiary/aromatic N) is 4. The molecule has 1 aliphatic carbocycles. The fraction of sp³-hybridized carbons (Fsp3) is 0.441. The molecule has 3 N–H and O–H groups in total. The highest BCUT2D eigenvalue weighted by Gasteiger charge is 2.40. The van der Waals surface area contributed by atoms with E-state index >= 15 is 0 Å². The van der Waals surface area contributed by atoms with Crippen LogP contribution in [0.15, 0.2) is 60.8 Å². The van der Waals surface area contributed by atoms with Gasteiger partial charge in [-0.1, -0.05) is 57.2 Å². The Morgan fingerprint density at radius 2 is 1.88 bits per heavy atom. The van der Waals surface area contributed by atoms with Gasteiger partial charge in [0.2, 0.25) is 0 Å².